The number of methoxy groups -OCH3 is 1. The lowest BCUT2D eigenvalue weighted by Gasteiger charge is -2.40. The quantitative estimate of drug-likeness (QED) is 0.229. The lowest BCUT2D eigenvalue weighted by atomic mass is 10.0. The number of carbonyl (C=O) groups excluding carboxylic acids is 1. The second kappa shape index (κ2) is 10.1. The van der Waals surface area contributed by atoms with E-state index >= 15 is 4.39 Å². The molecule has 10 nitrogen and oxygen atoms in total. The van der Waals surface area contributed by atoms with E-state index in [9.17, 15) is 14.9 Å². The minimum Gasteiger partial charge on any atom is -0.496 e. The molecule has 0 bridgehead atoms. The van der Waals surface area contributed by atoms with Gasteiger partial charge in [0.2, 0.25) is 0 Å². The van der Waals surface area contributed by atoms with Crippen molar-refractivity contribution in [2.45, 2.75) is 13.0 Å². The van der Waals surface area contributed by atoms with Crippen LogP contribution in [-0.2, 0) is 0 Å². The highest BCUT2D eigenvalue weighted by Gasteiger charge is 2.32. The van der Waals surface area contributed by atoms with Gasteiger partial charge in [-0.1, -0.05) is 23.2 Å². The van der Waals surface area contributed by atoms with Gasteiger partial charge in [-0.15, -0.1) is 0 Å². The van der Waals surface area contributed by atoms with Gasteiger partial charge in [-0.2, -0.15) is 0 Å². The Bertz CT molecular complexity index is 1580. The Labute approximate surface area is 225 Å². The van der Waals surface area contributed by atoms with Gasteiger partial charge in [-0.25, -0.2) is 14.4 Å². The van der Waals surface area contributed by atoms with E-state index in [1.807, 2.05) is 11.8 Å². The summed E-state index contributed by atoms with van der Waals surface area (Å²) >= 11 is 12.8. The van der Waals surface area contributed by atoms with Crippen LogP contribution in [0.1, 0.15) is 17.5 Å². The molecule has 1 aliphatic heterocycles. The standard InChI is InChI=1S/C25H20Cl2FN5O5/c1-13-11-31(25(34)19-5-6-20(38-19)33(35)36)7-8-32(13)24-16-10-17(27)21(22(28)23(16)29-12-30-24)15-9-14(26)3-4-18(15)37-2/h3-6,9-10,12-13H,7-8,11H2,1-2H3/t13-/m1/s1. The smallest absolute Gasteiger partial charge is 0.433 e. The first-order valence-electron chi connectivity index (χ1n) is 11.5. The van der Waals surface area contributed by atoms with Crippen LogP contribution in [0.15, 0.2) is 47.1 Å². The molecule has 0 unspecified atom stereocenters. The number of hydrogen-bond acceptors (Lipinski definition) is 8. The van der Waals surface area contributed by atoms with E-state index < -0.39 is 22.5 Å². The summed E-state index contributed by atoms with van der Waals surface area (Å²) in [5, 5.41) is 11.8. The third kappa shape index (κ3) is 4.48. The number of nitro groups is 1. The number of anilines is 1. The fourth-order valence-electron chi connectivity index (χ4n) is 4.62. The molecule has 2 aromatic carbocycles. The van der Waals surface area contributed by atoms with Crippen molar-refractivity contribution >= 4 is 51.7 Å². The summed E-state index contributed by atoms with van der Waals surface area (Å²) in [6.07, 6.45) is 1.28. The number of fused-ring (bicyclic) bond motifs is 1. The van der Waals surface area contributed by atoms with Gasteiger partial charge in [-0.05, 0) is 37.3 Å². The molecule has 1 aliphatic rings. The maximum atomic E-state index is 15.9. The van der Waals surface area contributed by atoms with Gasteiger partial charge in [0.15, 0.2) is 11.6 Å². The van der Waals surface area contributed by atoms with Crippen LogP contribution in [0, 0.1) is 15.9 Å². The Morgan fingerprint density at radius 1 is 1.21 bits per heavy atom. The van der Waals surface area contributed by atoms with Gasteiger partial charge in [0.1, 0.15) is 28.3 Å². The summed E-state index contributed by atoms with van der Waals surface area (Å²) < 4.78 is 26.4. The maximum Gasteiger partial charge on any atom is 0.433 e. The predicted molar refractivity (Wildman–Crippen MR) is 140 cm³/mol. The highest BCUT2D eigenvalue weighted by molar-refractivity contribution is 6.35. The molecule has 13 heteroatoms. The number of carbonyl (C=O) groups is 1. The topological polar surface area (TPSA) is 115 Å². The second-order valence-corrected chi connectivity index (χ2v) is 9.52. The number of aromatic nitrogens is 2. The van der Waals surface area contributed by atoms with Crippen LogP contribution in [0.2, 0.25) is 10.0 Å². The lowest BCUT2D eigenvalue weighted by molar-refractivity contribution is -0.402. The second-order valence-electron chi connectivity index (χ2n) is 8.67. The summed E-state index contributed by atoms with van der Waals surface area (Å²) in [4.78, 5) is 35.1. The van der Waals surface area contributed by atoms with Gasteiger partial charge in [0, 0.05) is 47.2 Å². The Morgan fingerprint density at radius 2 is 2.00 bits per heavy atom. The van der Waals surface area contributed by atoms with Gasteiger partial charge in [-0.3, -0.25) is 14.9 Å². The van der Waals surface area contributed by atoms with Crippen LogP contribution in [-0.4, -0.2) is 58.5 Å². The Balaban J connectivity index is 1.47. The molecule has 196 valence electrons. The van der Waals surface area contributed by atoms with Crippen molar-refractivity contribution in [2.24, 2.45) is 0 Å². The molecule has 5 rings (SSSR count). The fraction of sp³-hybridized carbons (Fsp3) is 0.240. The van der Waals surface area contributed by atoms with Gasteiger partial charge in [0.25, 0.3) is 5.91 Å². The molecule has 1 fully saturated rings. The van der Waals surface area contributed by atoms with Crippen molar-refractivity contribution in [3.05, 3.63) is 74.5 Å². The van der Waals surface area contributed by atoms with Gasteiger partial charge < -0.3 is 19.0 Å². The first kappa shape index (κ1) is 25.7. The predicted octanol–water partition coefficient (Wildman–Crippen LogP) is 5.60. The summed E-state index contributed by atoms with van der Waals surface area (Å²) in [6, 6.07) is 8.65. The molecule has 38 heavy (non-hydrogen) atoms. The molecule has 3 heterocycles. The molecule has 0 saturated carbocycles. The number of nitrogens with zero attached hydrogens (tertiary/aromatic N) is 5. The van der Waals surface area contributed by atoms with Crippen LogP contribution in [0.5, 0.6) is 5.75 Å². The summed E-state index contributed by atoms with van der Waals surface area (Å²) in [5.41, 5.74) is 0.576. The number of ether oxygens (including phenoxy) is 1. The molecule has 0 N–H and O–H groups in total. The number of rotatable bonds is 5. The monoisotopic (exact) mass is 559 g/mol. The van der Waals surface area contributed by atoms with Crippen molar-refractivity contribution in [1.29, 1.82) is 0 Å². The van der Waals surface area contributed by atoms with Crippen molar-refractivity contribution in [3.8, 4) is 16.9 Å². The number of piperazine rings is 1. The summed E-state index contributed by atoms with van der Waals surface area (Å²) in [7, 11) is 1.47. The highest BCUT2D eigenvalue weighted by atomic mass is 35.5. The number of furan rings is 1. The van der Waals surface area contributed by atoms with Crippen LogP contribution in [0.3, 0.4) is 0 Å². The zero-order valence-corrected chi connectivity index (χ0v) is 21.7. The third-order valence-electron chi connectivity index (χ3n) is 6.40. The lowest BCUT2D eigenvalue weighted by Crippen LogP contribution is -2.54. The molecule has 1 atom stereocenters. The fourth-order valence-corrected chi connectivity index (χ4v) is 5.09. The van der Waals surface area contributed by atoms with Gasteiger partial charge in [0.05, 0.1) is 18.2 Å². The van der Waals surface area contributed by atoms with E-state index in [-0.39, 0.29) is 41.0 Å². The van der Waals surface area contributed by atoms with Crippen molar-refractivity contribution < 1.29 is 23.3 Å². The maximum absolute atomic E-state index is 15.9. The number of amides is 1. The first-order chi connectivity index (χ1) is 18.2. The first-order valence-corrected chi connectivity index (χ1v) is 12.2. The molecule has 0 spiro atoms. The number of halogens is 3. The van der Waals surface area contributed by atoms with E-state index in [0.29, 0.717) is 34.1 Å². The number of benzene rings is 2. The molecular weight excluding hydrogens is 540 g/mol. The minimum absolute atomic E-state index is 0.0741. The van der Waals surface area contributed by atoms with E-state index in [1.165, 1.54) is 19.5 Å². The van der Waals surface area contributed by atoms with Crippen molar-refractivity contribution in [2.75, 3.05) is 31.6 Å². The normalized spacial score (nSPS) is 15.7. The van der Waals surface area contributed by atoms with Crippen LogP contribution in [0.4, 0.5) is 16.1 Å². The van der Waals surface area contributed by atoms with Crippen LogP contribution in [0.25, 0.3) is 22.0 Å². The molecule has 1 amide bonds. The summed E-state index contributed by atoms with van der Waals surface area (Å²) in [5.74, 6) is -0.832. The minimum atomic E-state index is -0.699. The molecule has 0 radical (unpaired) electrons. The molecule has 2 aromatic heterocycles. The van der Waals surface area contributed by atoms with E-state index in [1.54, 1.807) is 29.2 Å². The number of hydrogen-bond donors (Lipinski definition) is 0. The van der Waals surface area contributed by atoms with Crippen molar-refractivity contribution in [1.82, 2.24) is 14.9 Å². The largest absolute Gasteiger partial charge is 0.496 e. The third-order valence-corrected chi connectivity index (χ3v) is 6.93. The highest BCUT2D eigenvalue weighted by Crippen LogP contribution is 2.42. The van der Waals surface area contributed by atoms with Crippen molar-refractivity contribution in [3.63, 3.8) is 0 Å². The Morgan fingerprint density at radius 3 is 2.68 bits per heavy atom. The van der Waals surface area contributed by atoms with Gasteiger partial charge >= 0.3 is 5.88 Å². The van der Waals surface area contributed by atoms with Crippen LogP contribution >= 0.6 is 23.2 Å². The Kier molecular flexibility index (Phi) is 6.80. The molecule has 0 aliphatic carbocycles. The molecule has 1 saturated heterocycles. The zero-order chi connectivity index (χ0) is 27.1. The Hall–Kier alpha value is -3.96. The van der Waals surface area contributed by atoms with E-state index in [2.05, 4.69) is 9.97 Å². The average Bonchev–Trinajstić information content (AvgIpc) is 3.39. The summed E-state index contributed by atoms with van der Waals surface area (Å²) in [6.45, 7) is 2.83. The molecule has 4 aromatic rings. The average molecular weight is 560 g/mol. The molecular formula is C25H20Cl2FN5O5. The zero-order valence-electron chi connectivity index (χ0n) is 20.2. The van der Waals surface area contributed by atoms with E-state index in [4.69, 9.17) is 32.4 Å². The van der Waals surface area contributed by atoms with Crippen LogP contribution < -0.4 is 9.64 Å². The van der Waals surface area contributed by atoms with E-state index in [0.717, 1.165) is 6.07 Å². The SMILES string of the molecule is COc1ccc(Cl)cc1-c1c(Cl)cc2c(N3CCN(C(=O)c4ccc([N+](=O)[O-])o4)C[C@H]3C)ncnc2c1F.